The molecule has 1 N–H and O–H groups in total. The normalized spacial score (nSPS) is 15.2. The average molecular weight is 431 g/mol. The number of aryl methyl sites for hydroxylation is 1. The van der Waals surface area contributed by atoms with E-state index in [9.17, 15) is 24.5 Å². The number of rotatable bonds is 5. The quantitative estimate of drug-likeness (QED) is 0.281. The summed E-state index contributed by atoms with van der Waals surface area (Å²) >= 11 is 0. The van der Waals surface area contributed by atoms with Gasteiger partial charge < -0.3 is 4.42 Å². The van der Waals surface area contributed by atoms with Crippen molar-refractivity contribution in [3.8, 4) is 11.3 Å². The first-order chi connectivity index (χ1) is 15.4. The maximum atomic E-state index is 13.0. The minimum absolute atomic E-state index is 0.0936. The van der Waals surface area contributed by atoms with Gasteiger partial charge in [0.25, 0.3) is 17.5 Å². The maximum absolute atomic E-state index is 13.0. The van der Waals surface area contributed by atoms with Gasteiger partial charge in [0.15, 0.2) is 0 Å². The molecule has 1 aliphatic heterocycles. The van der Waals surface area contributed by atoms with Crippen molar-refractivity contribution in [2.75, 3.05) is 4.90 Å². The van der Waals surface area contributed by atoms with Crippen LogP contribution >= 0.6 is 0 Å². The lowest BCUT2D eigenvalue weighted by Gasteiger charge is -2.26. The molecule has 4 amide bonds. The Kier molecular flexibility index (Phi) is 5.38. The van der Waals surface area contributed by atoms with Gasteiger partial charge in [-0.3, -0.25) is 25.0 Å². The highest BCUT2D eigenvalue weighted by Gasteiger charge is 2.37. The first kappa shape index (κ1) is 20.7. The minimum atomic E-state index is -0.838. The number of imide groups is 2. The van der Waals surface area contributed by atoms with E-state index in [4.69, 9.17) is 4.42 Å². The molecule has 1 aromatic heterocycles. The molecule has 2 heterocycles. The number of anilines is 1. The zero-order chi connectivity index (χ0) is 22.8. The average Bonchev–Trinajstić information content (AvgIpc) is 3.26. The summed E-state index contributed by atoms with van der Waals surface area (Å²) in [6.45, 7) is 1.98. The predicted octanol–water partition coefficient (Wildman–Crippen LogP) is 4.08. The summed E-state index contributed by atoms with van der Waals surface area (Å²) in [6.07, 6.45) is 2.04. The summed E-state index contributed by atoms with van der Waals surface area (Å²) in [7, 11) is 0. The van der Waals surface area contributed by atoms with E-state index in [1.807, 2.05) is 6.92 Å². The molecule has 3 aromatic rings. The number of non-ortho nitro benzene ring substituents is 1. The van der Waals surface area contributed by atoms with Crippen molar-refractivity contribution in [1.29, 1.82) is 0 Å². The zero-order valence-corrected chi connectivity index (χ0v) is 16.9. The number of hydrogen-bond acceptors (Lipinski definition) is 6. The summed E-state index contributed by atoms with van der Waals surface area (Å²) in [4.78, 5) is 49.0. The van der Waals surface area contributed by atoms with Crippen molar-refractivity contribution < 1.29 is 23.7 Å². The lowest BCUT2D eigenvalue weighted by molar-refractivity contribution is -0.384. The van der Waals surface area contributed by atoms with E-state index in [1.165, 1.54) is 30.3 Å². The molecular weight excluding hydrogens is 414 g/mol. The van der Waals surface area contributed by atoms with Crippen LogP contribution in [0, 0.1) is 10.1 Å². The van der Waals surface area contributed by atoms with Gasteiger partial charge in [-0.05, 0) is 42.3 Å². The summed E-state index contributed by atoms with van der Waals surface area (Å²) < 4.78 is 5.67. The number of furan rings is 1. The largest absolute Gasteiger partial charge is 0.457 e. The molecule has 2 aromatic carbocycles. The van der Waals surface area contributed by atoms with E-state index in [0.29, 0.717) is 17.0 Å². The predicted molar refractivity (Wildman–Crippen MR) is 116 cm³/mol. The molecule has 0 aliphatic carbocycles. The standard InChI is InChI=1S/C23H17N3O6/c1-2-14-6-8-16(9-7-14)25-22(28)19(21(27)24-23(25)29)13-18-10-11-20(32-18)15-4-3-5-17(12-15)26(30)31/h3-13H,2H2,1H3,(H,24,27,29). The van der Waals surface area contributed by atoms with Crippen LogP contribution < -0.4 is 10.2 Å². The van der Waals surface area contributed by atoms with Gasteiger partial charge in [0.2, 0.25) is 0 Å². The van der Waals surface area contributed by atoms with Crippen molar-refractivity contribution >= 4 is 35.3 Å². The Bertz CT molecular complexity index is 1270. The number of carbonyl (C=O) groups is 3. The molecule has 0 atom stereocenters. The lowest BCUT2D eigenvalue weighted by Crippen LogP contribution is -2.54. The summed E-state index contributed by atoms with van der Waals surface area (Å²) in [5.74, 6) is -1.11. The molecule has 160 valence electrons. The van der Waals surface area contributed by atoms with Crippen LogP contribution in [0.25, 0.3) is 17.4 Å². The van der Waals surface area contributed by atoms with Gasteiger partial charge in [0.05, 0.1) is 10.6 Å². The van der Waals surface area contributed by atoms with Gasteiger partial charge in [-0.1, -0.05) is 31.2 Å². The Hall–Kier alpha value is -4.53. The molecular formula is C23H17N3O6. The highest BCUT2D eigenvalue weighted by Crippen LogP contribution is 2.28. The number of hydrogen-bond donors (Lipinski definition) is 1. The van der Waals surface area contributed by atoms with Crippen molar-refractivity contribution in [2.24, 2.45) is 0 Å². The third-order valence-electron chi connectivity index (χ3n) is 4.96. The Morgan fingerprint density at radius 1 is 1.06 bits per heavy atom. The highest BCUT2D eigenvalue weighted by molar-refractivity contribution is 6.39. The summed E-state index contributed by atoms with van der Waals surface area (Å²) in [5, 5.41) is 13.1. The number of urea groups is 1. The number of nitrogens with zero attached hydrogens (tertiary/aromatic N) is 2. The summed E-state index contributed by atoms with van der Waals surface area (Å²) in [6, 6.07) is 15.0. The number of nitro groups is 1. The van der Waals surface area contributed by atoms with Gasteiger partial charge in [0.1, 0.15) is 17.1 Å². The first-order valence-electron chi connectivity index (χ1n) is 9.72. The third kappa shape index (κ3) is 3.91. The van der Waals surface area contributed by atoms with E-state index in [1.54, 1.807) is 36.4 Å². The SMILES string of the molecule is CCc1ccc(N2C(=O)NC(=O)C(=Cc3ccc(-c4cccc([N+](=O)[O-])c4)o3)C2=O)cc1. The minimum Gasteiger partial charge on any atom is -0.457 e. The Morgan fingerprint density at radius 3 is 2.50 bits per heavy atom. The molecule has 1 aliphatic rings. The molecule has 0 spiro atoms. The molecule has 0 bridgehead atoms. The number of barbiturate groups is 1. The van der Waals surface area contributed by atoms with Crippen LogP contribution in [0.15, 0.2) is 70.7 Å². The van der Waals surface area contributed by atoms with Gasteiger partial charge in [-0.2, -0.15) is 0 Å². The second-order valence-electron chi connectivity index (χ2n) is 6.99. The molecule has 1 fully saturated rings. The molecule has 4 rings (SSSR count). The third-order valence-corrected chi connectivity index (χ3v) is 4.96. The second kappa shape index (κ2) is 8.31. The Balaban J connectivity index is 1.65. The fraction of sp³-hybridized carbons (Fsp3) is 0.0870. The van der Waals surface area contributed by atoms with Gasteiger partial charge in [0, 0.05) is 17.7 Å². The van der Waals surface area contributed by atoms with Gasteiger partial charge in [-0.15, -0.1) is 0 Å². The van der Waals surface area contributed by atoms with Crippen LogP contribution in [0.2, 0.25) is 0 Å². The fourth-order valence-corrected chi connectivity index (χ4v) is 3.27. The number of carbonyl (C=O) groups excluding carboxylic acids is 3. The molecule has 0 radical (unpaired) electrons. The number of amides is 4. The van der Waals surface area contributed by atoms with Crippen LogP contribution in [0.5, 0.6) is 0 Å². The number of benzene rings is 2. The van der Waals surface area contributed by atoms with Crippen LogP contribution in [0.1, 0.15) is 18.2 Å². The first-order valence-corrected chi connectivity index (χ1v) is 9.72. The van der Waals surface area contributed by atoms with Crippen LogP contribution in [0.3, 0.4) is 0 Å². The van der Waals surface area contributed by atoms with Crippen molar-refractivity contribution in [2.45, 2.75) is 13.3 Å². The summed E-state index contributed by atoms with van der Waals surface area (Å²) in [5.41, 5.74) is 1.47. The van der Waals surface area contributed by atoms with E-state index in [2.05, 4.69) is 5.32 Å². The molecule has 9 nitrogen and oxygen atoms in total. The van der Waals surface area contributed by atoms with Crippen LogP contribution in [-0.2, 0) is 16.0 Å². The highest BCUT2D eigenvalue weighted by atomic mass is 16.6. The fourth-order valence-electron chi connectivity index (χ4n) is 3.27. The van der Waals surface area contributed by atoms with Gasteiger partial charge >= 0.3 is 6.03 Å². The van der Waals surface area contributed by atoms with Gasteiger partial charge in [-0.25, -0.2) is 9.69 Å². The second-order valence-corrected chi connectivity index (χ2v) is 6.99. The topological polar surface area (TPSA) is 123 Å². The smallest absolute Gasteiger partial charge is 0.335 e. The van der Waals surface area contributed by atoms with E-state index in [-0.39, 0.29) is 17.0 Å². The number of nitrogens with one attached hydrogen (secondary N) is 1. The molecule has 9 heteroatoms. The van der Waals surface area contributed by atoms with Crippen molar-refractivity contribution in [3.63, 3.8) is 0 Å². The zero-order valence-electron chi connectivity index (χ0n) is 16.9. The molecule has 0 saturated carbocycles. The lowest BCUT2D eigenvalue weighted by atomic mass is 10.1. The van der Waals surface area contributed by atoms with E-state index < -0.39 is 22.8 Å². The molecule has 1 saturated heterocycles. The monoisotopic (exact) mass is 431 g/mol. The van der Waals surface area contributed by atoms with Crippen molar-refractivity contribution in [3.05, 3.63) is 87.7 Å². The maximum Gasteiger partial charge on any atom is 0.335 e. The Labute approximate surface area is 182 Å². The number of nitro benzene ring substituents is 1. The molecule has 0 unspecified atom stereocenters. The van der Waals surface area contributed by atoms with Crippen molar-refractivity contribution in [1.82, 2.24) is 5.32 Å². The van der Waals surface area contributed by atoms with E-state index >= 15 is 0 Å². The van der Waals surface area contributed by atoms with Crippen LogP contribution in [-0.4, -0.2) is 22.8 Å². The Morgan fingerprint density at radius 2 is 1.81 bits per heavy atom. The molecule has 32 heavy (non-hydrogen) atoms. The van der Waals surface area contributed by atoms with E-state index in [0.717, 1.165) is 16.9 Å². The van der Waals surface area contributed by atoms with Crippen LogP contribution in [0.4, 0.5) is 16.2 Å².